The van der Waals surface area contributed by atoms with Crippen molar-refractivity contribution in [3.8, 4) is 5.13 Å². The number of amides is 2. The lowest BCUT2D eigenvalue weighted by molar-refractivity contribution is -0.146. The van der Waals surface area contributed by atoms with Crippen LogP contribution in [0, 0.1) is 13.8 Å². The van der Waals surface area contributed by atoms with E-state index in [1.165, 1.54) is 0 Å². The smallest absolute Gasteiger partial charge is 0.246 e. The number of hydrogen-bond donors (Lipinski definition) is 1. The van der Waals surface area contributed by atoms with Crippen LogP contribution in [0.5, 0.6) is 0 Å². The molecule has 0 aliphatic carbocycles. The van der Waals surface area contributed by atoms with Crippen LogP contribution in [-0.2, 0) is 20.7 Å². The number of carbonyl (C=O) groups is 2. The van der Waals surface area contributed by atoms with Gasteiger partial charge < -0.3 is 15.0 Å². The van der Waals surface area contributed by atoms with Gasteiger partial charge in [0.1, 0.15) is 6.61 Å². The van der Waals surface area contributed by atoms with Crippen molar-refractivity contribution >= 4 is 23.2 Å². The maximum absolute atomic E-state index is 12.7. The number of likely N-dealkylation sites (tertiary alicyclic amines) is 1. The van der Waals surface area contributed by atoms with Crippen molar-refractivity contribution in [2.24, 2.45) is 0 Å². The Kier molecular flexibility index (Phi) is 4.54. The number of nitrogens with zero attached hydrogens (tertiary/aromatic N) is 3. The Morgan fingerprint density at radius 3 is 2.92 bits per heavy atom. The molecule has 8 heteroatoms. The van der Waals surface area contributed by atoms with Gasteiger partial charge in [-0.2, -0.15) is 0 Å². The standard InChI is InChI=1S/C18H22N4O3S/c1-11-3-4-12(2)22(11)18-19-13(10-26-18)7-17(24)21-6-5-15-14(8-21)20-16(23)9-25-15/h3-4,10,14-15H,5-9H2,1-2H3,(H,20,23)/t14-,15+/m0/s1. The Hall–Kier alpha value is -2.19. The molecule has 0 unspecified atom stereocenters. The van der Waals surface area contributed by atoms with Gasteiger partial charge in [-0.1, -0.05) is 0 Å². The molecule has 0 radical (unpaired) electrons. The zero-order chi connectivity index (χ0) is 18.3. The van der Waals surface area contributed by atoms with E-state index in [9.17, 15) is 9.59 Å². The third kappa shape index (κ3) is 3.26. The molecular formula is C18H22N4O3S. The van der Waals surface area contributed by atoms with E-state index in [1.54, 1.807) is 16.2 Å². The lowest BCUT2D eigenvalue weighted by Gasteiger charge is -2.41. The molecule has 2 amide bonds. The van der Waals surface area contributed by atoms with Crippen molar-refractivity contribution in [2.45, 2.75) is 38.8 Å². The van der Waals surface area contributed by atoms with E-state index in [0.29, 0.717) is 13.1 Å². The highest BCUT2D eigenvalue weighted by molar-refractivity contribution is 7.12. The fourth-order valence-corrected chi connectivity index (χ4v) is 4.58. The number of carbonyl (C=O) groups excluding carboxylic acids is 2. The Bertz CT molecular complexity index is 824. The summed E-state index contributed by atoms with van der Waals surface area (Å²) >= 11 is 1.55. The molecule has 0 aromatic carbocycles. The fourth-order valence-electron chi connectivity index (χ4n) is 3.64. The third-order valence-electron chi connectivity index (χ3n) is 5.01. The molecule has 0 bridgehead atoms. The first kappa shape index (κ1) is 17.2. The first-order valence-corrected chi connectivity index (χ1v) is 9.67. The van der Waals surface area contributed by atoms with Gasteiger partial charge in [-0.15, -0.1) is 11.3 Å². The number of nitrogens with one attached hydrogen (secondary N) is 1. The molecule has 2 aliphatic heterocycles. The van der Waals surface area contributed by atoms with Gasteiger partial charge in [0.2, 0.25) is 11.8 Å². The van der Waals surface area contributed by atoms with Gasteiger partial charge in [-0.25, -0.2) is 4.98 Å². The summed E-state index contributed by atoms with van der Waals surface area (Å²) in [6.07, 6.45) is 1.05. The third-order valence-corrected chi connectivity index (χ3v) is 5.89. The second-order valence-electron chi connectivity index (χ2n) is 6.90. The lowest BCUT2D eigenvalue weighted by atomic mass is 10.00. The quantitative estimate of drug-likeness (QED) is 0.876. The van der Waals surface area contributed by atoms with Crippen LogP contribution < -0.4 is 5.32 Å². The molecular weight excluding hydrogens is 352 g/mol. The maximum Gasteiger partial charge on any atom is 0.246 e. The molecule has 1 N–H and O–H groups in total. The molecule has 2 fully saturated rings. The number of fused-ring (bicyclic) bond motifs is 1. The largest absolute Gasteiger partial charge is 0.366 e. The number of aryl methyl sites for hydroxylation is 2. The van der Waals surface area contributed by atoms with Gasteiger partial charge in [-0.3, -0.25) is 14.2 Å². The van der Waals surface area contributed by atoms with Crippen molar-refractivity contribution in [2.75, 3.05) is 19.7 Å². The first-order valence-electron chi connectivity index (χ1n) is 8.80. The summed E-state index contributed by atoms with van der Waals surface area (Å²) in [5, 5.41) is 5.76. The summed E-state index contributed by atoms with van der Waals surface area (Å²) in [6.45, 7) is 5.37. The van der Waals surface area contributed by atoms with E-state index in [0.717, 1.165) is 28.6 Å². The van der Waals surface area contributed by atoms with Crippen LogP contribution in [0.25, 0.3) is 5.13 Å². The van der Waals surface area contributed by atoms with E-state index in [1.807, 2.05) is 19.2 Å². The SMILES string of the molecule is Cc1ccc(C)n1-c1nc(CC(=O)N2CC[C@H]3OCC(=O)N[C@H]3C2)cs1. The average Bonchev–Trinajstić information content (AvgIpc) is 3.20. The summed E-state index contributed by atoms with van der Waals surface area (Å²) < 4.78 is 7.64. The summed E-state index contributed by atoms with van der Waals surface area (Å²) in [5.74, 6) is -0.0665. The average molecular weight is 374 g/mol. The molecule has 2 atom stereocenters. The van der Waals surface area contributed by atoms with Crippen LogP contribution in [0.1, 0.15) is 23.5 Å². The van der Waals surface area contributed by atoms with Gasteiger partial charge >= 0.3 is 0 Å². The summed E-state index contributed by atoms with van der Waals surface area (Å²) in [7, 11) is 0. The minimum Gasteiger partial charge on any atom is -0.366 e. The molecule has 0 saturated carbocycles. The predicted octanol–water partition coefficient (Wildman–Crippen LogP) is 1.21. The number of ether oxygens (including phenoxy) is 1. The number of piperidine rings is 1. The van der Waals surface area contributed by atoms with Crippen LogP contribution in [0.2, 0.25) is 0 Å². The zero-order valence-corrected chi connectivity index (χ0v) is 15.7. The van der Waals surface area contributed by atoms with E-state index in [4.69, 9.17) is 4.74 Å². The van der Waals surface area contributed by atoms with E-state index in [2.05, 4.69) is 27.0 Å². The Morgan fingerprint density at radius 1 is 1.38 bits per heavy atom. The molecule has 138 valence electrons. The molecule has 4 heterocycles. The number of aromatic nitrogens is 2. The predicted molar refractivity (Wildman–Crippen MR) is 97.5 cm³/mol. The van der Waals surface area contributed by atoms with Gasteiger partial charge in [0.25, 0.3) is 0 Å². The molecule has 2 aromatic rings. The van der Waals surface area contributed by atoms with Gasteiger partial charge in [0.05, 0.1) is 24.3 Å². The minimum absolute atomic E-state index is 0.0160. The molecule has 0 spiro atoms. The Labute approximate surface area is 156 Å². The normalized spacial score (nSPS) is 22.8. The summed E-state index contributed by atoms with van der Waals surface area (Å²) in [5.41, 5.74) is 3.04. The van der Waals surface area contributed by atoms with Gasteiger partial charge in [0.15, 0.2) is 5.13 Å². The highest BCUT2D eigenvalue weighted by Crippen LogP contribution is 2.22. The van der Waals surface area contributed by atoms with Crippen LogP contribution in [0.4, 0.5) is 0 Å². The van der Waals surface area contributed by atoms with Crippen molar-refractivity contribution < 1.29 is 14.3 Å². The summed E-state index contributed by atoms with van der Waals surface area (Å²) in [6, 6.07) is 4.02. The molecule has 2 aliphatic rings. The molecule has 7 nitrogen and oxygen atoms in total. The van der Waals surface area contributed by atoms with Crippen molar-refractivity contribution in [1.82, 2.24) is 19.8 Å². The number of hydrogen-bond acceptors (Lipinski definition) is 5. The first-order chi connectivity index (χ1) is 12.5. The highest BCUT2D eigenvalue weighted by Gasteiger charge is 2.36. The second-order valence-corrected chi connectivity index (χ2v) is 7.74. The van der Waals surface area contributed by atoms with Gasteiger partial charge in [-0.05, 0) is 32.4 Å². The molecule has 2 aromatic heterocycles. The second kappa shape index (κ2) is 6.85. The topological polar surface area (TPSA) is 76.5 Å². The molecule has 26 heavy (non-hydrogen) atoms. The number of rotatable bonds is 3. The van der Waals surface area contributed by atoms with E-state index >= 15 is 0 Å². The minimum atomic E-state index is -0.109. The lowest BCUT2D eigenvalue weighted by Crippen LogP contribution is -2.61. The molecule has 4 rings (SSSR count). The van der Waals surface area contributed by atoms with Crippen LogP contribution in [0.15, 0.2) is 17.5 Å². The van der Waals surface area contributed by atoms with Crippen molar-refractivity contribution in [1.29, 1.82) is 0 Å². The van der Waals surface area contributed by atoms with Crippen LogP contribution >= 0.6 is 11.3 Å². The zero-order valence-electron chi connectivity index (χ0n) is 14.9. The fraction of sp³-hybridized carbons (Fsp3) is 0.500. The van der Waals surface area contributed by atoms with Gasteiger partial charge in [0, 0.05) is 29.9 Å². The van der Waals surface area contributed by atoms with E-state index < -0.39 is 0 Å². The van der Waals surface area contributed by atoms with Crippen LogP contribution in [0.3, 0.4) is 0 Å². The Balaban J connectivity index is 1.42. The summed E-state index contributed by atoms with van der Waals surface area (Å²) in [4.78, 5) is 30.6. The van der Waals surface area contributed by atoms with E-state index in [-0.39, 0.29) is 37.0 Å². The number of thiazole rings is 1. The monoisotopic (exact) mass is 374 g/mol. The molecule has 2 saturated heterocycles. The Morgan fingerprint density at radius 2 is 2.15 bits per heavy atom. The van der Waals surface area contributed by atoms with Crippen molar-refractivity contribution in [3.05, 3.63) is 34.6 Å². The van der Waals surface area contributed by atoms with Crippen molar-refractivity contribution in [3.63, 3.8) is 0 Å². The number of morpholine rings is 1. The maximum atomic E-state index is 12.7. The highest BCUT2D eigenvalue weighted by atomic mass is 32.1. The van der Waals surface area contributed by atoms with Crippen LogP contribution in [-0.4, -0.2) is 58.1 Å².